The summed E-state index contributed by atoms with van der Waals surface area (Å²) in [5.41, 5.74) is 0. The zero-order chi connectivity index (χ0) is 14.6. The Morgan fingerprint density at radius 2 is 2.16 bits per heavy atom. The standard InChI is InChI=1S/C9H9F3N2O3S2/c1-14(15)5-6-4-13-9(18-6)19(16,17)3-2-7(10)8(11)12/h4-5H,2-3H2,1H3/b14-5-. The second-order valence-electron chi connectivity index (χ2n) is 3.44. The van der Waals surface area contributed by atoms with Crippen molar-refractivity contribution in [3.05, 3.63) is 28.2 Å². The molecule has 0 saturated carbocycles. The van der Waals surface area contributed by atoms with Gasteiger partial charge in [0.1, 0.15) is 11.9 Å². The molecule has 0 spiro atoms. The Morgan fingerprint density at radius 3 is 2.68 bits per heavy atom. The molecule has 0 aliphatic rings. The van der Waals surface area contributed by atoms with Crippen molar-refractivity contribution in [3.63, 3.8) is 0 Å². The Balaban J connectivity index is 2.87. The van der Waals surface area contributed by atoms with Crippen molar-refractivity contribution in [3.8, 4) is 0 Å². The molecule has 0 aliphatic carbocycles. The summed E-state index contributed by atoms with van der Waals surface area (Å²) in [5.74, 6) is -2.57. The van der Waals surface area contributed by atoms with Crippen molar-refractivity contribution in [2.45, 2.75) is 10.8 Å². The van der Waals surface area contributed by atoms with Gasteiger partial charge in [-0.25, -0.2) is 22.5 Å². The lowest BCUT2D eigenvalue weighted by atomic mass is 10.4. The minimum atomic E-state index is -3.94. The second kappa shape index (κ2) is 6.15. The van der Waals surface area contributed by atoms with Gasteiger partial charge in [0.05, 0.1) is 11.9 Å². The summed E-state index contributed by atoms with van der Waals surface area (Å²) in [4.78, 5) is 3.87. The lowest BCUT2D eigenvalue weighted by molar-refractivity contribution is -0.416. The molecule has 5 nitrogen and oxygen atoms in total. The number of hydrogen-bond acceptors (Lipinski definition) is 5. The van der Waals surface area contributed by atoms with Gasteiger partial charge in [0.15, 0.2) is 12.0 Å². The molecule has 0 radical (unpaired) electrons. The van der Waals surface area contributed by atoms with Gasteiger partial charge < -0.3 is 5.21 Å². The fourth-order valence-corrected chi connectivity index (χ4v) is 3.55. The van der Waals surface area contributed by atoms with Crippen LogP contribution in [0.15, 0.2) is 22.4 Å². The highest BCUT2D eigenvalue weighted by atomic mass is 32.2. The minimum Gasteiger partial charge on any atom is -0.624 e. The number of thiazole rings is 1. The van der Waals surface area contributed by atoms with Gasteiger partial charge >= 0.3 is 6.08 Å². The Morgan fingerprint density at radius 1 is 1.53 bits per heavy atom. The quantitative estimate of drug-likeness (QED) is 0.360. The Labute approximate surface area is 111 Å². The molecule has 106 valence electrons. The molecule has 0 unspecified atom stereocenters. The first-order valence-electron chi connectivity index (χ1n) is 4.85. The van der Waals surface area contributed by atoms with Gasteiger partial charge in [0, 0.05) is 6.42 Å². The summed E-state index contributed by atoms with van der Waals surface area (Å²) < 4.78 is 59.6. The maximum atomic E-state index is 12.5. The van der Waals surface area contributed by atoms with E-state index in [0.29, 0.717) is 21.0 Å². The van der Waals surface area contributed by atoms with Crippen molar-refractivity contribution >= 4 is 27.4 Å². The molecule has 0 amide bonds. The molecule has 1 aromatic rings. The van der Waals surface area contributed by atoms with Gasteiger partial charge in [-0.2, -0.15) is 8.78 Å². The summed E-state index contributed by atoms with van der Waals surface area (Å²) in [7, 11) is -2.74. The van der Waals surface area contributed by atoms with Crippen LogP contribution in [0.5, 0.6) is 0 Å². The van der Waals surface area contributed by atoms with E-state index in [1.165, 1.54) is 7.05 Å². The largest absolute Gasteiger partial charge is 0.624 e. The predicted molar refractivity (Wildman–Crippen MR) is 63.9 cm³/mol. The molecular weight excluding hydrogens is 305 g/mol. The van der Waals surface area contributed by atoms with Crippen LogP contribution in [0.3, 0.4) is 0 Å². The third kappa shape index (κ3) is 4.63. The first kappa shape index (κ1) is 15.6. The highest BCUT2D eigenvalue weighted by Crippen LogP contribution is 2.21. The molecule has 0 fully saturated rings. The smallest absolute Gasteiger partial charge is 0.301 e. The third-order valence-corrected chi connectivity index (χ3v) is 4.99. The normalized spacial score (nSPS) is 12.5. The van der Waals surface area contributed by atoms with Crippen LogP contribution < -0.4 is 0 Å². The van der Waals surface area contributed by atoms with Gasteiger partial charge in [0.25, 0.3) is 0 Å². The molecular formula is C9H9F3N2O3S2. The van der Waals surface area contributed by atoms with Crippen LogP contribution >= 0.6 is 11.3 Å². The number of nitrogens with zero attached hydrogens (tertiary/aromatic N) is 2. The molecule has 0 N–H and O–H groups in total. The topological polar surface area (TPSA) is 73.1 Å². The molecule has 0 atom stereocenters. The Bertz CT molecular complexity index is 614. The van der Waals surface area contributed by atoms with Crippen molar-refractivity contribution in [1.82, 2.24) is 4.98 Å². The van der Waals surface area contributed by atoms with Crippen molar-refractivity contribution in [1.29, 1.82) is 0 Å². The maximum absolute atomic E-state index is 12.5. The van der Waals surface area contributed by atoms with E-state index in [1.54, 1.807) is 0 Å². The van der Waals surface area contributed by atoms with E-state index in [1.807, 2.05) is 0 Å². The van der Waals surface area contributed by atoms with Gasteiger partial charge in [-0.05, 0) is 0 Å². The van der Waals surface area contributed by atoms with Crippen LogP contribution in [0.25, 0.3) is 0 Å². The van der Waals surface area contributed by atoms with Crippen molar-refractivity contribution in [2.75, 3.05) is 12.8 Å². The van der Waals surface area contributed by atoms with Crippen LogP contribution in [-0.2, 0) is 9.84 Å². The molecule has 0 aromatic carbocycles. The van der Waals surface area contributed by atoms with Crippen LogP contribution in [0.2, 0.25) is 0 Å². The molecule has 0 aliphatic heterocycles. The van der Waals surface area contributed by atoms with E-state index in [-0.39, 0.29) is 4.34 Å². The number of allylic oxidation sites excluding steroid dienone is 1. The molecule has 1 rings (SSSR count). The van der Waals surface area contributed by atoms with E-state index < -0.39 is 33.9 Å². The molecule has 1 heterocycles. The SMILES string of the molecule is C/[N+]([O-])=C/c1cnc(S(=O)(=O)CCC(F)=C(F)F)s1. The fourth-order valence-electron chi connectivity index (χ4n) is 1.06. The lowest BCUT2D eigenvalue weighted by Gasteiger charge is -1.98. The summed E-state index contributed by atoms with van der Waals surface area (Å²) in [5, 5.41) is 10.7. The van der Waals surface area contributed by atoms with Gasteiger partial charge in [-0.3, -0.25) is 0 Å². The average molecular weight is 314 g/mol. The molecule has 0 bridgehead atoms. The molecule has 0 saturated heterocycles. The van der Waals surface area contributed by atoms with E-state index in [0.717, 1.165) is 12.4 Å². The molecule has 10 heteroatoms. The van der Waals surface area contributed by atoms with E-state index in [9.17, 15) is 26.8 Å². The number of hydrogen-bond donors (Lipinski definition) is 0. The first-order chi connectivity index (χ1) is 8.72. The first-order valence-corrected chi connectivity index (χ1v) is 7.32. The van der Waals surface area contributed by atoms with E-state index >= 15 is 0 Å². The lowest BCUT2D eigenvalue weighted by Crippen LogP contribution is -2.06. The van der Waals surface area contributed by atoms with Crippen LogP contribution in [-0.4, -0.2) is 37.2 Å². The Hall–Kier alpha value is -1.42. The molecule has 1 aromatic heterocycles. The summed E-state index contributed by atoms with van der Waals surface area (Å²) in [6.07, 6.45) is -1.17. The van der Waals surface area contributed by atoms with Crippen LogP contribution in [0.1, 0.15) is 11.3 Å². The zero-order valence-electron chi connectivity index (χ0n) is 9.64. The Kier molecular flexibility index (Phi) is 5.06. The zero-order valence-corrected chi connectivity index (χ0v) is 11.3. The molecule has 19 heavy (non-hydrogen) atoms. The monoisotopic (exact) mass is 314 g/mol. The van der Waals surface area contributed by atoms with Crippen LogP contribution in [0, 0.1) is 5.21 Å². The second-order valence-corrected chi connectivity index (χ2v) is 6.78. The van der Waals surface area contributed by atoms with Crippen molar-refractivity contribution in [2.24, 2.45) is 0 Å². The van der Waals surface area contributed by atoms with E-state index in [4.69, 9.17) is 0 Å². The highest BCUT2D eigenvalue weighted by Gasteiger charge is 2.21. The highest BCUT2D eigenvalue weighted by molar-refractivity contribution is 7.93. The van der Waals surface area contributed by atoms with Gasteiger partial charge in [-0.1, -0.05) is 11.3 Å². The minimum absolute atomic E-state index is 0.295. The number of rotatable bonds is 5. The average Bonchev–Trinajstić information content (AvgIpc) is 2.74. The van der Waals surface area contributed by atoms with E-state index in [2.05, 4.69) is 4.98 Å². The number of halogens is 3. The fraction of sp³-hybridized carbons (Fsp3) is 0.333. The third-order valence-electron chi connectivity index (χ3n) is 1.87. The summed E-state index contributed by atoms with van der Waals surface area (Å²) in [6.45, 7) is 0. The predicted octanol–water partition coefficient (Wildman–Crippen LogP) is 1.94. The maximum Gasteiger partial charge on any atom is 0.301 e. The van der Waals surface area contributed by atoms with Crippen molar-refractivity contribution < 1.29 is 26.3 Å². The number of sulfone groups is 1. The summed E-state index contributed by atoms with van der Waals surface area (Å²) in [6, 6.07) is 0. The van der Waals surface area contributed by atoms with Gasteiger partial charge in [0.2, 0.25) is 14.2 Å². The number of aromatic nitrogens is 1. The summed E-state index contributed by atoms with van der Waals surface area (Å²) >= 11 is 0.706. The van der Waals surface area contributed by atoms with Crippen LogP contribution in [0.4, 0.5) is 13.2 Å². The number of hydroxylamine groups is 1. The van der Waals surface area contributed by atoms with Gasteiger partial charge in [-0.15, -0.1) is 0 Å².